The SMILES string of the molecule is CCCC(C)OCCC1CCCC1(NC1CC1)C(N)=O. The maximum atomic E-state index is 12.0. The molecule has 116 valence electrons. The topological polar surface area (TPSA) is 64.3 Å². The maximum absolute atomic E-state index is 12.0. The molecule has 3 N–H and O–H groups in total. The number of hydrogen-bond donors (Lipinski definition) is 2. The fraction of sp³-hybridized carbons (Fsp3) is 0.938. The van der Waals surface area contributed by atoms with Crippen molar-refractivity contribution < 1.29 is 9.53 Å². The van der Waals surface area contributed by atoms with Gasteiger partial charge in [0.15, 0.2) is 0 Å². The maximum Gasteiger partial charge on any atom is 0.238 e. The minimum Gasteiger partial charge on any atom is -0.378 e. The van der Waals surface area contributed by atoms with Crippen LogP contribution in [0.15, 0.2) is 0 Å². The van der Waals surface area contributed by atoms with Gasteiger partial charge >= 0.3 is 0 Å². The Bertz CT molecular complexity index is 330. The monoisotopic (exact) mass is 282 g/mol. The zero-order chi connectivity index (χ0) is 14.6. The third-order valence-corrected chi connectivity index (χ3v) is 4.86. The van der Waals surface area contributed by atoms with Gasteiger partial charge in [-0.1, -0.05) is 19.8 Å². The van der Waals surface area contributed by atoms with Crippen molar-refractivity contribution in [3.8, 4) is 0 Å². The number of hydrogen-bond acceptors (Lipinski definition) is 3. The number of carbonyl (C=O) groups is 1. The quantitative estimate of drug-likeness (QED) is 0.682. The molecule has 2 aliphatic rings. The van der Waals surface area contributed by atoms with Crippen molar-refractivity contribution in [1.82, 2.24) is 5.32 Å². The summed E-state index contributed by atoms with van der Waals surface area (Å²) in [5.74, 6) is 0.183. The van der Waals surface area contributed by atoms with Gasteiger partial charge in [0.1, 0.15) is 5.54 Å². The molecule has 0 saturated heterocycles. The summed E-state index contributed by atoms with van der Waals surface area (Å²) in [5.41, 5.74) is 5.28. The Labute approximate surface area is 122 Å². The summed E-state index contributed by atoms with van der Waals surface area (Å²) in [6.45, 7) is 5.05. The van der Waals surface area contributed by atoms with Gasteiger partial charge in [0, 0.05) is 12.6 Å². The van der Waals surface area contributed by atoms with Crippen LogP contribution in [0.25, 0.3) is 0 Å². The molecule has 3 unspecified atom stereocenters. The van der Waals surface area contributed by atoms with Crippen molar-refractivity contribution in [2.45, 2.75) is 82.9 Å². The fourth-order valence-corrected chi connectivity index (χ4v) is 3.55. The lowest BCUT2D eigenvalue weighted by molar-refractivity contribution is -0.126. The van der Waals surface area contributed by atoms with Crippen molar-refractivity contribution in [3.63, 3.8) is 0 Å². The van der Waals surface area contributed by atoms with Crippen LogP contribution in [-0.4, -0.2) is 30.2 Å². The van der Waals surface area contributed by atoms with E-state index in [1.807, 2.05) is 0 Å². The molecule has 4 nitrogen and oxygen atoms in total. The normalized spacial score (nSPS) is 31.4. The third kappa shape index (κ3) is 3.73. The van der Waals surface area contributed by atoms with Crippen LogP contribution in [-0.2, 0) is 9.53 Å². The fourth-order valence-electron chi connectivity index (χ4n) is 3.55. The van der Waals surface area contributed by atoms with Gasteiger partial charge in [-0.05, 0) is 51.4 Å². The molecule has 1 amide bonds. The van der Waals surface area contributed by atoms with Crippen molar-refractivity contribution in [3.05, 3.63) is 0 Å². The first-order valence-electron chi connectivity index (χ1n) is 8.27. The average Bonchev–Trinajstić information content (AvgIpc) is 3.10. The van der Waals surface area contributed by atoms with Crippen LogP contribution in [0.1, 0.15) is 65.2 Å². The molecule has 0 bridgehead atoms. The first kappa shape index (κ1) is 15.8. The number of amides is 1. The van der Waals surface area contributed by atoms with Crippen LogP contribution in [0.4, 0.5) is 0 Å². The number of rotatable bonds is 9. The van der Waals surface area contributed by atoms with E-state index in [0.717, 1.165) is 45.1 Å². The summed E-state index contributed by atoms with van der Waals surface area (Å²) >= 11 is 0. The second kappa shape index (κ2) is 6.90. The Morgan fingerprint density at radius 2 is 2.20 bits per heavy atom. The van der Waals surface area contributed by atoms with Crippen molar-refractivity contribution >= 4 is 5.91 Å². The highest BCUT2D eigenvalue weighted by Gasteiger charge is 2.49. The minimum absolute atomic E-state index is 0.159. The van der Waals surface area contributed by atoms with E-state index in [-0.39, 0.29) is 5.91 Å². The van der Waals surface area contributed by atoms with Gasteiger partial charge < -0.3 is 15.8 Å². The molecule has 0 aromatic rings. The summed E-state index contributed by atoms with van der Waals surface area (Å²) in [4.78, 5) is 12.0. The Morgan fingerprint density at radius 1 is 1.45 bits per heavy atom. The summed E-state index contributed by atoms with van der Waals surface area (Å²) in [6, 6.07) is 0.517. The van der Waals surface area contributed by atoms with Gasteiger partial charge in [-0.2, -0.15) is 0 Å². The van der Waals surface area contributed by atoms with Gasteiger partial charge in [0.05, 0.1) is 6.10 Å². The largest absolute Gasteiger partial charge is 0.378 e. The van der Waals surface area contributed by atoms with Gasteiger partial charge in [0.25, 0.3) is 0 Å². The van der Waals surface area contributed by atoms with Gasteiger partial charge in [-0.25, -0.2) is 0 Å². The number of primary amides is 1. The molecular weight excluding hydrogens is 252 g/mol. The predicted octanol–water partition coefficient (Wildman–Crippen LogP) is 2.36. The molecule has 0 spiro atoms. The Kier molecular flexibility index (Phi) is 5.44. The Hall–Kier alpha value is -0.610. The van der Waals surface area contributed by atoms with Crippen LogP contribution >= 0.6 is 0 Å². The predicted molar refractivity (Wildman–Crippen MR) is 80.4 cm³/mol. The Morgan fingerprint density at radius 3 is 2.80 bits per heavy atom. The second-order valence-electron chi connectivity index (χ2n) is 6.60. The van der Waals surface area contributed by atoms with E-state index in [0.29, 0.717) is 18.1 Å². The molecule has 2 rings (SSSR count). The lowest BCUT2D eigenvalue weighted by Gasteiger charge is -2.34. The van der Waals surface area contributed by atoms with E-state index < -0.39 is 5.54 Å². The van der Waals surface area contributed by atoms with Crippen molar-refractivity contribution in [2.75, 3.05) is 6.61 Å². The highest BCUT2D eigenvalue weighted by molar-refractivity contribution is 5.85. The molecule has 0 aliphatic heterocycles. The molecule has 4 heteroatoms. The van der Waals surface area contributed by atoms with Crippen molar-refractivity contribution in [2.24, 2.45) is 11.7 Å². The van der Waals surface area contributed by atoms with Gasteiger partial charge in [0.2, 0.25) is 5.91 Å². The number of carbonyl (C=O) groups excluding carboxylic acids is 1. The zero-order valence-corrected chi connectivity index (χ0v) is 13.0. The Balaban J connectivity index is 1.86. The highest BCUT2D eigenvalue weighted by Crippen LogP contribution is 2.40. The molecule has 0 radical (unpaired) electrons. The van der Waals surface area contributed by atoms with E-state index in [9.17, 15) is 4.79 Å². The van der Waals surface area contributed by atoms with E-state index >= 15 is 0 Å². The van der Waals surface area contributed by atoms with Crippen molar-refractivity contribution in [1.29, 1.82) is 0 Å². The molecular formula is C16H30N2O2. The first-order chi connectivity index (χ1) is 9.58. The van der Waals surface area contributed by atoms with E-state index in [1.54, 1.807) is 0 Å². The molecule has 2 aliphatic carbocycles. The van der Waals surface area contributed by atoms with Gasteiger partial charge in [-0.15, -0.1) is 0 Å². The van der Waals surface area contributed by atoms with E-state index in [1.165, 1.54) is 12.8 Å². The lowest BCUT2D eigenvalue weighted by Crippen LogP contribution is -2.58. The molecule has 0 aromatic heterocycles. The number of ether oxygens (including phenoxy) is 1. The zero-order valence-electron chi connectivity index (χ0n) is 13.0. The van der Waals surface area contributed by atoms with Crippen LogP contribution in [0.2, 0.25) is 0 Å². The number of nitrogens with two attached hydrogens (primary N) is 1. The van der Waals surface area contributed by atoms with E-state index in [4.69, 9.17) is 10.5 Å². The molecule has 20 heavy (non-hydrogen) atoms. The number of nitrogens with one attached hydrogen (secondary N) is 1. The third-order valence-electron chi connectivity index (χ3n) is 4.86. The summed E-state index contributed by atoms with van der Waals surface area (Å²) in [7, 11) is 0. The minimum atomic E-state index is -0.460. The molecule has 0 heterocycles. The van der Waals surface area contributed by atoms with Crippen LogP contribution in [0, 0.1) is 5.92 Å². The van der Waals surface area contributed by atoms with Crippen LogP contribution < -0.4 is 11.1 Å². The summed E-state index contributed by atoms with van der Waals surface area (Å²) < 4.78 is 5.86. The molecule has 3 atom stereocenters. The molecule has 2 saturated carbocycles. The summed E-state index contributed by atoms with van der Waals surface area (Å²) in [6.07, 6.45) is 8.97. The molecule has 2 fully saturated rings. The second-order valence-corrected chi connectivity index (χ2v) is 6.60. The van der Waals surface area contributed by atoms with Gasteiger partial charge in [-0.3, -0.25) is 4.79 Å². The van der Waals surface area contributed by atoms with Crippen LogP contribution in [0.5, 0.6) is 0 Å². The first-order valence-corrected chi connectivity index (χ1v) is 8.27. The summed E-state index contributed by atoms with van der Waals surface area (Å²) in [5, 5.41) is 3.55. The highest BCUT2D eigenvalue weighted by atomic mass is 16.5. The molecule has 0 aromatic carbocycles. The average molecular weight is 282 g/mol. The smallest absolute Gasteiger partial charge is 0.238 e. The standard InChI is InChI=1S/C16H30N2O2/c1-3-5-12(2)20-11-9-13-6-4-10-16(13,15(17)19)18-14-7-8-14/h12-14,18H,3-11H2,1-2H3,(H2,17,19). The van der Waals surface area contributed by atoms with Crippen LogP contribution in [0.3, 0.4) is 0 Å². The lowest BCUT2D eigenvalue weighted by atomic mass is 9.84. The van der Waals surface area contributed by atoms with E-state index in [2.05, 4.69) is 19.2 Å².